The van der Waals surface area contributed by atoms with Gasteiger partial charge in [0.05, 0.1) is 31.0 Å². The number of ether oxygens (including phenoxy) is 2. The van der Waals surface area contributed by atoms with E-state index in [1.165, 1.54) is 10.5 Å². The topological polar surface area (TPSA) is 81.1 Å². The molecule has 166 valence electrons. The monoisotopic (exact) mass is 426 g/mol. The molecule has 2 aromatic carbocycles. The molecule has 2 amide bonds. The van der Waals surface area contributed by atoms with Gasteiger partial charge >= 0.3 is 0 Å². The number of nitrogens with one attached hydrogen (secondary N) is 3. The molecule has 7 heteroatoms. The van der Waals surface area contributed by atoms with Crippen LogP contribution in [0.2, 0.25) is 0 Å². The second-order valence-corrected chi connectivity index (χ2v) is 7.85. The molecule has 0 bridgehead atoms. The minimum Gasteiger partial charge on any atom is -0.484 e. The van der Waals surface area contributed by atoms with Gasteiger partial charge in [-0.05, 0) is 49.2 Å². The fourth-order valence-corrected chi connectivity index (χ4v) is 3.47. The van der Waals surface area contributed by atoms with E-state index >= 15 is 0 Å². The maximum Gasteiger partial charge on any atom is 0.262 e. The molecule has 1 heterocycles. The average Bonchev–Trinajstić information content (AvgIpc) is 2.78. The minimum absolute atomic E-state index is 0.124. The maximum atomic E-state index is 12.6. The Morgan fingerprint density at radius 3 is 2.61 bits per heavy atom. The molecule has 7 nitrogen and oxygen atoms in total. The largest absolute Gasteiger partial charge is 0.484 e. The quantitative estimate of drug-likeness (QED) is 0.529. The lowest BCUT2D eigenvalue weighted by molar-refractivity contribution is -0.908. The van der Waals surface area contributed by atoms with Gasteiger partial charge in [-0.2, -0.15) is 0 Å². The van der Waals surface area contributed by atoms with E-state index < -0.39 is 0 Å². The van der Waals surface area contributed by atoms with Crippen LogP contribution in [0.4, 0.5) is 5.69 Å². The Kier molecular flexibility index (Phi) is 8.44. The number of rotatable bonds is 9. The standard InChI is InChI=1S/C24H31N3O4/c1-18-8-9-20(16-19(18)2)31-17-23(28)26-22-7-4-3-6-21(22)24(29)25-10-5-11-27-12-14-30-15-13-27/h3-4,6-9,16H,5,10-15,17H2,1-2H3,(H,25,29)(H,26,28)/p+1. The zero-order valence-electron chi connectivity index (χ0n) is 18.3. The molecule has 0 unspecified atom stereocenters. The summed E-state index contributed by atoms with van der Waals surface area (Å²) in [6.45, 7) is 9.17. The molecule has 1 fully saturated rings. The van der Waals surface area contributed by atoms with Crippen LogP contribution in [0.25, 0.3) is 0 Å². The van der Waals surface area contributed by atoms with Crippen molar-refractivity contribution in [1.82, 2.24) is 5.32 Å². The molecule has 0 aromatic heterocycles. The second-order valence-electron chi connectivity index (χ2n) is 7.85. The van der Waals surface area contributed by atoms with Crippen LogP contribution in [-0.2, 0) is 9.53 Å². The Bertz CT molecular complexity index is 894. The van der Waals surface area contributed by atoms with Crippen molar-refractivity contribution in [3.05, 3.63) is 59.2 Å². The fourth-order valence-electron chi connectivity index (χ4n) is 3.47. The molecule has 0 radical (unpaired) electrons. The van der Waals surface area contributed by atoms with Crippen LogP contribution in [0.15, 0.2) is 42.5 Å². The summed E-state index contributed by atoms with van der Waals surface area (Å²) < 4.78 is 11.0. The smallest absolute Gasteiger partial charge is 0.262 e. The Hall–Kier alpha value is -2.90. The second kappa shape index (κ2) is 11.5. The van der Waals surface area contributed by atoms with Crippen molar-refractivity contribution in [2.45, 2.75) is 20.3 Å². The fraction of sp³-hybridized carbons (Fsp3) is 0.417. The SMILES string of the molecule is Cc1ccc(OCC(=O)Nc2ccccc2C(=O)NCCC[NH+]2CCOCC2)cc1C. The van der Waals surface area contributed by atoms with E-state index in [2.05, 4.69) is 10.6 Å². The predicted molar refractivity (Wildman–Crippen MR) is 120 cm³/mol. The highest BCUT2D eigenvalue weighted by Gasteiger charge is 2.15. The Morgan fingerprint density at radius 2 is 1.84 bits per heavy atom. The van der Waals surface area contributed by atoms with E-state index in [1.54, 1.807) is 24.3 Å². The minimum atomic E-state index is -0.311. The van der Waals surface area contributed by atoms with Crippen LogP contribution in [0.1, 0.15) is 27.9 Å². The summed E-state index contributed by atoms with van der Waals surface area (Å²) in [5.41, 5.74) is 3.20. The van der Waals surface area contributed by atoms with Gasteiger partial charge in [-0.1, -0.05) is 18.2 Å². The van der Waals surface area contributed by atoms with Crippen LogP contribution in [0, 0.1) is 13.8 Å². The van der Waals surface area contributed by atoms with Gasteiger partial charge in [-0.15, -0.1) is 0 Å². The van der Waals surface area contributed by atoms with Crippen LogP contribution in [0.5, 0.6) is 5.75 Å². The van der Waals surface area contributed by atoms with Gasteiger partial charge in [0.25, 0.3) is 11.8 Å². The summed E-state index contributed by atoms with van der Waals surface area (Å²) in [4.78, 5) is 26.5. The summed E-state index contributed by atoms with van der Waals surface area (Å²) in [6.07, 6.45) is 0.902. The summed E-state index contributed by atoms with van der Waals surface area (Å²) in [7, 11) is 0. The lowest BCUT2D eigenvalue weighted by Gasteiger charge is -2.23. The van der Waals surface area contributed by atoms with Gasteiger partial charge in [0.2, 0.25) is 0 Å². The molecule has 2 aromatic rings. The van der Waals surface area contributed by atoms with Gasteiger partial charge < -0.3 is 25.0 Å². The van der Waals surface area contributed by atoms with Crippen molar-refractivity contribution in [3.8, 4) is 5.75 Å². The molecule has 1 saturated heterocycles. The third-order valence-electron chi connectivity index (χ3n) is 5.49. The molecule has 0 spiro atoms. The van der Waals surface area contributed by atoms with E-state index in [0.717, 1.165) is 44.8 Å². The molecule has 1 aliphatic rings. The summed E-state index contributed by atoms with van der Waals surface area (Å²) in [5.74, 6) is 0.143. The third-order valence-corrected chi connectivity index (χ3v) is 5.49. The molecule has 3 rings (SSSR count). The van der Waals surface area contributed by atoms with Gasteiger partial charge in [0.1, 0.15) is 18.8 Å². The number of amides is 2. The van der Waals surface area contributed by atoms with Crippen LogP contribution in [-0.4, -0.2) is 57.8 Å². The van der Waals surface area contributed by atoms with E-state index in [1.807, 2.05) is 32.0 Å². The Balaban J connectivity index is 1.47. The first-order valence-corrected chi connectivity index (χ1v) is 10.8. The Labute approximate surface area is 183 Å². The summed E-state index contributed by atoms with van der Waals surface area (Å²) in [6, 6.07) is 12.7. The number of hydrogen-bond acceptors (Lipinski definition) is 4. The van der Waals surface area contributed by atoms with Crippen LogP contribution < -0.4 is 20.3 Å². The van der Waals surface area contributed by atoms with Crippen molar-refractivity contribution in [3.63, 3.8) is 0 Å². The highest BCUT2D eigenvalue weighted by Crippen LogP contribution is 2.17. The summed E-state index contributed by atoms with van der Waals surface area (Å²) in [5, 5.41) is 5.74. The number of morpholine rings is 1. The summed E-state index contributed by atoms with van der Waals surface area (Å²) >= 11 is 0. The van der Waals surface area contributed by atoms with E-state index in [4.69, 9.17) is 9.47 Å². The molecular formula is C24H32N3O4+. The van der Waals surface area contributed by atoms with E-state index in [9.17, 15) is 9.59 Å². The molecular weight excluding hydrogens is 394 g/mol. The number of benzene rings is 2. The van der Waals surface area contributed by atoms with Gasteiger partial charge in [0, 0.05) is 13.0 Å². The first-order valence-electron chi connectivity index (χ1n) is 10.8. The van der Waals surface area contributed by atoms with Crippen molar-refractivity contribution in [2.75, 3.05) is 51.3 Å². The van der Waals surface area contributed by atoms with Crippen LogP contribution >= 0.6 is 0 Å². The first-order chi connectivity index (χ1) is 15.0. The first kappa shape index (κ1) is 22.8. The lowest BCUT2D eigenvalue weighted by Crippen LogP contribution is -3.14. The molecule has 31 heavy (non-hydrogen) atoms. The van der Waals surface area contributed by atoms with E-state index in [-0.39, 0.29) is 18.4 Å². The van der Waals surface area contributed by atoms with Crippen molar-refractivity contribution in [2.24, 2.45) is 0 Å². The average molecular weight is 427 g/mol. The molecule has 3 N–H and O–H groups in total. The Morgan fingerprint density at radius 1 is 1.06 bits per heavy atom. The molecule has 1 aliphatic heterocycles. The lowest BCUT2D eigenvalue weighted by atomic mass is 10.1. The maximum absolute atomic E-state index is 12.6. The van der Waals surface area contributed by atoms with Crippen molar-refractivity contribution in [1.29, 1.82) is 0 Å². The molecule has 0 saturated carbocycles. The zero-order chi connectivity index (χ0) is 22.1. The van der Waals surface area contributed by atoms with Gasteiger partial charge in [-0.3, -0.25) is 9.59 Å². The van der Waals surface area contributed by atoms with Gasteiger partial charge in [-0.25, -0.2) is 0 Å². The normalized spacial score (nSPS) is 14.1. The zero-order valence-corrected chi connectivity index (χ0v) is 18.3. The number of hydrogen-bond donors (Lipinski definition) is 3. The highest BCUT2D eigenvalue weighted by molar-refractivity contribution is 6.04. The predicted octanol–water partition coefficient (Wildman–Crippen LogP) is 1.36. The van der Waals surface area contributed by atoms with Crippen molar-refractivity contribution < 1.29 is 24.0 Å². The number of carbonyl (C=O) groups is 2. The number of anilines is 1. The van der Waals surface area contributed by atoms with Crippen LogP contribution in [0.3, 0.4) is 0 Å². The van der Waals surface area contributed by atoms with Crippen molar-refractivity contribution >= 4 is 17.5 Å². The number of quaternary nitrogens is 1. The molecule has 0 atom stereocenters. The number of para-hydroxylation sites is 1. The highest BCUT2D eigenvalue weighted by atomic mass is 16.5. The third kappa shape index (κ3) is 7.08. The van der Waals surface area contributed by atoms with E-state index in [0.29, 0.717) is 23.5 Å². The number of aryl methyl sites for hydroxylation is 2. The van der Waals surface area contributed by atoms with Gasteiger partial charge in [0.15, 0.2) is 6.61 Å². The number of carbonyl (C=O) groups excluding carboxylic acids is 2. The molecule has 0 aliphatic carbocycles.